The van der Waals surface area contributed by atoms with Gasteiger partial charge >= 0.3 is 6.18 Å². The molecule has 0 atom stereocenters. The van der Waals surface area contributed by atoms with E-state index in [9.17, 15) is 28.1 Å². The van der Waals surface area contributed by atoms with Crippen molar-refractivity contribution in [2.75, 3.05) is 44.2 Å². The average Bonchev–Trinajstić information content (AvgIpc) is 3.22. The van der Waals surface area contributed by atoms with Crippen LogP contribution in [-0.2, 0) is 17.5 Å². The molecule has 12 heteroatoms. The van der Waals surface area contributed by atoms with Gasteiger partial charge in [-0.3, -0.25) is 19.8 Å². The van der Waals surface area contributed by atoms with E-state index in [1.807, 2.05) is 17.9 Å². The van der Waals surface area contributed by atoms with Crippen molar-refractivity contribution in [2.24, 2.45) is 5.92 Å². The molecule has 4 rings (SSSR count). The highest BCUT2D eigenvalue weighted by molar-refractivity contribution is 5.79. The Bertz CT molecular complexity index is 1040. The molecular formula is C22H26F3N5O4. The standard InChI is InChI=1S/C22H26F3N5O4/c1-15-12-18(34-26-15)14-27-8-10-29(11-9-27)21(31)16-4-6-28(7-5-16)19-3-2-17(22(23,24)25)13-20(19)30(32)33/h2-3,12-13,16H,4-11,14H2,1H3. The van der Waals surface area contributed by atoms with Gasteiger partial charge in [-0.2, -0.15) is 13.2 Å². The number of benzene rings is 1. The predicted molar refractivity (Wildman–Crippen MR) is 116 cm³/mol. The predicted octanol–water partition coefficient (Wildman–Crippen LogP) is 3.47. The summed E-state index contributed by atoms with van der Waals surface area (Å²) in [6.07, 6.45) is -3.66. The van der Waals surface area contributed by atoms with E-state index in [4.69, 9.17) is 4.52 Å². The summed E-state index contributed by atoms with van der Waals surface area (Å²) in [6, 6.07) is 4.48. The van der Waals surface area contributed by atoms with Gasteiger partial charge in [0, 0.05) is 57.3 Å². The molecule has 0 spiro atoms. The molecule has 0 N–H and O–H groups in total. The summed E-state index contributed by atoms with van der Waals surface area (Å²) in [6.45, 7) is 5.91. The van der Waals surface area contributed by atoms with Crippen molar-refractivity contribution in [1.29, 1.82) is 0 Å². The van der Waals surface area contributed by atoms with Crippen molar-refractivity contribution in [3.63, 3.8) is 0 Å². The number of nitro benzene ring substituents is 1. The number of nitro groups is 1. The lowest BCUT2D eigenvalue weighted by atomic mass is 9.94. The number of halogens is 3. The molecule has 184 valence electrons. The topological polar surface area (TPSA) is 96.0 Å². The molecule has 0 saturated carbocycles. The van der Waals surface area contributed by atoms with Crippen LogP contribution >= 0.6 is 0 Å². The van der Waals surface area contributed by atoms with E-state index >= 15 is 0 Å². The number of rotatable bonds is 5. The molecule has 9 nitrogen and oxygen atoms in total. The van der Waals surface area contributed by atoms with Crippen molar-refractivity contribution >= 4 is 17.3 Å². The highest BCUT2D eigenvalue weighted by Gasteiger charge is 2.35. The largest absolute Gasteiger partial charge is 0.416 e. The van der Waals surface area contributed by atoms with Gasteiger partial charge in [0.1, 0.15) is 5.69 Å². The van der Waals surface area contributed by atoms with Crippen LogP contribution in [0.15, 0.2) is 28.8 Å². The Morgan fingerprint density at radius 3 is 2.38 bits per heavy atom. The number of amides is 1. The van der Waals surface area contributed by atoms with Crippen LogP contribution in [0.3, 0.4) is 0 Å². The lowest BCUT2D eigenvalue weighted by Gasteiger charge is -2.38. The molecule has 2 fully saturated rings. The lowest BCUT2D eigenvalue weighted by molar-refractivity contribution is -0.384. The molecular weight excluding hydrogens is 455 g/mol. The van der Waals surface area contributed by atoms with Gasteiger partial charge in [0.05, 0.1) is 22.7 Å². The van der Waals surface area contributed by atoms with Crippen LogP contribution in [-0.4, -0.2) is 65.1 Å². The van der Waals surface area contributed by atoms with Gasteiger partial charge in [-0.15, -0.1) is 0 Å². The van der Waals surface area contributed by atoms with Gasteiger partial charge in [-0.25, -0.2) is 0 Å². The minimum atomic E-state index is -4.65. The summed E-state index contributed by atoms with van der Waals surface area (Å²) in [4.78, 5) is 29.4. The van der Waals surface area contributed by atoms with Gasteiger partial charge in [0.25, 0.3) is 5.69 Å². The molecule has 1 amide bonds. The summed E-state index contributed by atoms with van der Waals surface area (Å²) < 4.78 is 44.2. The fourth-order valence-electron chi connectivity index (χ4n) is 4.58. The second-order valence-electron chi connectivity index (χ2n) is 8.76. The molecule has 34 heavy (non-hydrogen) atoms. The smallest absolute Gasteiger partial charge is 0.366 e. The maximum absolute atomic E-state index is 13.0. The van der Waals surface area contributed by atoms with E-state index in [1.165, 1.54) is 0 Å². The first kappa shape index (κ1) is 24.0. The van der Waals surface area contributed by atoms with E-state index in [0.717, 1.165) is 36.7 Å². The zero-order valence-electron chi connectivity index (χ0n) is 18.8. The molecule has 2 aliphatic rings. The monoisotopic (exact) mass is 481 g/mol. The van der Waals surface area contributed by atoms with Gasteiger partial charge in [-0.05, 0) is 31.9 Å². The van der Waals surface area contributed by atoms with Crippen LogP contribution in [0, 0.1) is 23.0 Å². The van der Waals surface area contributed by atoms with Gasteiger partial charge in [0.2, 0.25) is 5.91 Å². The van der Waals surface area contributed by atoms with E-state index in [-0.39, 0.29) is 17.5 Å². The minimum Gasteiger partial charge on any atom is -0.366 e. The Kier molecular flexibility index (Phi) is 6.78. The van der Waals surface area contributed by atoms with E-state index < -0.39 is 22.4 Å². The molecule has 0 radical (unpaired) electrons. The quantitative estimate of drug-likeness (QED) is 0.477. The van der Waals surface area contributed by atoms with E-state index in [2.05, 4.69) is 10.1 Å². The van der Waals surface area contributed by atoms with Crippen molar-refractivity contribution in [3.8, 4) is 0 Å². The van der Waals surface area contributed by atoms with Crippen LogP contribution < -0.4 is 4.90 Å². The zero-order chi connectivity index (χ0) is 24.5. The van der Waals surface area contributed by atoms with Gasteiger partial charge in [-0.1, -0.05) is 5.16 Å². The SMILES string of the molecule is Cc1cc(CN2CCN(C(=O)C3CCN(c4ccc(C(F)(F)F)cc4[N+](=O)[O-])CC3)CC2)on1. The second kappa shape index (κ2) is 9.61. The van der Waals surface area contributed by atoms with Crippen LogP contribution in [0.5, 0.6) is 0 Å². The Balaban J connectivity index is 1.32. The molecule has 3 heterocycles. The third kappa shape index (κ3) is 5.32. The summed E-state index contributed by atoms with van der Waals surface area (Å²) in [5.74, 6) is 0.659. The Labute approximate surface area is 194 Å². The molecule has 1 aromatic carbocycles. The summed E-state index contributed by atoms with van der Waals surface area (Å²) in [5, 5.41) is 15.3. The molecule has 0 bridgehead atoms. The number of alkyl halides is 3. The van der Waals surface area contributed by atoms with Gasteiger partial charge in [0.15, 0.2) is 5.76 Å². The molecule has 2 saturated heterocycles. The highest BCUT2D eigenvalue weighted by Crippen LogP contribution is 2.37. The average molecular weight is 481 g/mol. The number of carbonyl (C=O) groups is 1. The first-order valence-corrected chi connectivity index (χ1v) is 11.2. The third-order valence-electron chi connectivity index (χ3n) is 6.42. The Morgan fingerprint density at radius 2 is 1.82 bits per heavy atom. The number of carbonyl (C=O) groups excluding carboxylic acids is 1. The zero-order valence-corrected chi connectivity index (χ0v) is 18.8. The van der Waals surface area contributed by atoms with Crippen LogP contribution in [0.1, 0.15) is 29.9 Å². The summed E-state index contributed by atoms with van der Waals surface area (Å²) in [5.41, 5.74) is -0.639. The number of anilines is 1. The van der Waals surface area contributed by atoms with Crippen LogP contribution in [0.2, 0.25) is 0 Å². The number of aromatic nitrogens is 1. The summed E-state index contributed by atoms with van der Waals surface area (Å²) in [7, 11) is 0. The van der Waals surface area contributed by atoms with Crippen LogP contribution in [0.4, 0.5) is 24.5 Å². The van der Waals surface area contributed by atoms with Crippen molar-refractivity contribution in [1.82, 2.24) is 15.0 Å². The van der Waals surface area contributed by atoms with Gasteiger partial charge < -0.3 is 14.3 Å². The van der Waals surface area contributed by atoms with E-state index in [0.29, 0.717) is 51.6 Å². The molecule has 1 aromatic heterocycles. The Morgan fingerprint density at radius 1 is 1.15 bits per heavy atom. The number of nitrogens with zero attached hydrogens (tertiary/aromatic N) is 5. The maximum atomic E-state index is 13.0. The highest BCUT2D eigenvalue weighted by atomic mass is 19.4. The molecule has 0 aliphatic carbocycles. The fraction of sp³-hybridized carbons (Fsp3) is 0.545. The fourth-order valence-corrected chi connectivity index (χ4v) is 4.58. The third-order valence-corrected chi connectivity index (χ3v) is 6.42. The summed E-state index contributed by atoms with van der Waals surface area (Å²) >= 11 is 0. The Hall–Kier alpha value is -3.15. The number of piperidine rings is 1. The maximum Gasteiger partial charge on any atom is 0.416 e. The molecule has 2 aliphatic heterocycles. The number of piperazine rings is 1. The minimum absolute atomic E-state index is 0.0664. The number of hydrogen-bond acceptors (Lipinski definition) is 7. The van der Waals surface area contributed by atoms with Crippen molar-refractivity contribution in [3.05, 3.63) is 51.4 Å². The second-order valence-corrected chi connectivity index (χ2v) is 8.76. The van der Waals surface area contributed by atoms with Crippen molar-refractivity contribution < 1.29 is 27.4 Å². The first-order chi connectivity index (χ1) is 16.1. The number of hydrogen-bond donors (Lipinski definition) is 0. The molecule has 2 aromatic rings. The normalized spacial score (nSPS) is 18.4. The number of aryl methyl sites for hydroxylation is 1. The van der Waals surface area contributed by atoms with Crippen LogP contribution in [0.25, 0.3) is 0 Å². The lowest BCUT2D eigenvalue weighted by Crippen LogP contribution is -2.51. The van der Waals surface area contributed by atoms with Crippen molar-refractivity contribution in [2.45, 2.75) is 32.5 Å². The molecule has 0 unspecified atom stereocenters. The first-order valence-electron chi connectivity index (χ1n) is 11.2. The van der Waals surface area contributed by atoms with E-state index in [1.54, 1.807) is 4.90 Å².